The average molecular weight is 340 g/mol. The van der Waals surface area contributed by atoms with E-state index in [0.29, 0.717) is 15.6 Å². The van der Waals surface area contributed by atoms with Crippen LogP contribution >= 0.6 is 11.3 Å². The van der Waals surface area contributed by atoms with E-state index in [2.05, 4.69) is 15.8 Å². The van der Waals surface area contributed by atoms with Gasteiger partial charge in [0.1, 0.15) is 10.7 Å². The van der Waals surface area contributed by atoms with E-state index >= 15 is 0 Å². The number of para-hydroxylation sites is 1. The Morgan fingerprint density at radius 3 is 2.46 bits per heavy atom. The van der Waals surface area contributed by atoms with Gasteiger partial charge < -0.3 is 11.1 Å². The lowest BCUT2D eigenvalue weighted by Crippen LogP contribution is -2.03. The van der Waals surface area contributed by atoms with E-state index in [1.807, 2.05) is 30.3 Å². The van der Waals surface area contributed by atoms with Gasteiger partial charge in [-0.3, -0.25) is 15.1 Å². The first-order valence-electron chi connectivity index (χ1n) is 7.19. The molecule has 3 rings (SSSR count). The van der Waals surface area contributed by atoms with Gasteiger partial charge in [0.05, 0.1) is 12.8 Å². The molecular weight excluding hydrogens is 324 g/mol. The number of benzene rings is 2. The quantitative estimate of drug-likeness (QED) is 0.468. The highest BCUT2D eigenvalue weighted by molar-refractivity contribution is 7.18. The zero-order valence-electron chi connectivity index (χ0n) is 12.9. The Balaban J connectivity index is 1.80. The Kier molecular flexibility index (Phi) is 4.74. The van der Waals surface area contributed by atoms with Crippen molar-refractivity contribution in [2.45, 2.75) is 0 Å². The van der Waals surface area contributed by atoms with Gasteiger partial charge >= 0.3 is 0 Å². The lowest BCUT2D eigenvalue weighted by atomic mass is 10.1. The van der Waals surface area contributed by atoms with Crippen molar-refractivity contribution in [2.24, 2.45) is 0 Å². The first-order chi connectivity index (χ1) is 11.7. The number of ketones is 1. The second kappa shape index (κ2) is 7.12. The zero-order chi connectivity index (χ0) is 16.9. The number of rotatable bonds is 6. The minimum absolute atomic E-state index is 0.157. The standard InChI is InChI=1S/C17H16N4O2S/c1-23-21-13-9-7-11(8-10-13)14(22)15-16(18)20-17(24-15)19-12-5-3-2-4-6-12/h2-10,21H,18H2,1H3,(H,19,20). The molecule has 0 spiro atoms. The molecule has 0 unspecified atom stereocenters. The smallest absolute Gasteiger partial charge is 0.206 e. The Hall–Kier alpha value is -2.90. The fraction of sp³-hybridized carbons (Fsp3) is 0.0588. The fourth-order valence-corrected chi connectivity index (χ4v) is 3.00. The van der Waals surface area contributed by atoms with Gasteiger partial charge in [-0.2, -0.15) is 0 Å². The van der Waals surface area contributed by atoms with Gasteiger partial charge in [-0.05, 0) is 36.4 Å². The third kappa shape index (κ3) is 3.53. The van der Waals surface area contributed by atoms with E-state index in [0.717, 1.165) is 11.4 Å². The normalized spacial score (nSPS) is 10.4. The van der Waals surface area contributed by atoms with Crippen LogP contribution in [-0.2, 0) is 4.84 Å². The number of carbonyl (C=O) groups is 1. The molecule has 4 N–H and O–H groups in total. The van der Waals surface area contributed by atoms with Crippen LogP contribution in [0.4, 0.5) is 22.3 Å². The van der Waals surface area contributed by atoms with Crippen LogP contribution < -0.4 is 16.5 Å². The largest absolute Gasteiger partial charge is 0.382 e. The molecule has 0 atom stereocenters. The molecule has 3 aromatic rings. The highest BCUT2D eigenvalue weighted by Gasteiger charge is 2.18. The molecule has 0 fully saturated rings. The maximum atomic E-state index is 12.6. The van der Waals surface area contributed by atoms with Crippen molar-refractivity contribution in [3.8, 4) is 0 Å². The number of nitrogens with one attached hydrogen (secondary N) is 2. The summed E-state index contributed by atoms with van der Waals surface area (Å²) in [6.07, 6.45) is 0. The van der Waals surface area contributed by atoms with E-state index in [4.69, 9.17) is 10.6 Å². The van der Waals surface area contributed by atoms with Gasteiger partial charge in [0.25, 0.3) is 0 Å². The second-order valence-electron chi connectivity index (χ2n) is 4.94. The van der Waals surface area contributed by atoms with Crippen molar-refractivity contribution in [2.75, 3.05) is 23.6 Å². The molecule has 2 aromatic carbocycles. The van der Waals surface area contributed by atoms with Gasteiger partial charge in [0.15, 0.2) is 5.13 Å². The van der Waals surface area contributed by atoms with Gasteiger partial charge in [-0.1, -0.05) is 29.5 Å². The molecule has 0 aliphatic rings. The van der Waals surface area contributed by atoms with Crippen LogP contribution in [0.5, 0.6) is 0 Å². The van der Waals surface area contributed by atoms with E-state index in [-0.39, 0.29) is 11.6 Å². The molecular formula is C17H16N4O2S. The molecule has 122 valence electrons. The molecule has 0 radical (unpaired) electrons. The minimum Gasteiger partial charge on any atom is -0.382 e. The van der Waals surface area contributed by atoms with Crippen LogP contribution in [0.1, 0.15) is 15.2 Å². The lowest BCUT2D eigenvalue weighted by molar-refractivity contribution is 0.104. The Labute approximate surface area is 143 Å². The van der Waals surface area contributed by atoms with Crippen molar-refractivity contribution < 1.29 is 9.63 Å². The van der Waals surface area contributed by atoms with Crippen LogP contribution in [0.2, 0.25) is 0 Å². The summed E-state index contributed by atoms with van der Waals surface area (Å²) in [5.74, 6) is 0.0672. The number of hydrogen-bond donors (Lipinski definition) is 3. The molecule has 0 saturated carbocycles. The average Bonchev–Trinajstić information content (AvgIpc) is 2.96. The Morgan fingerprint density at radius 2 is 1.79 bits per heavy atom. The van der Waals surface area contributed by atoms with Crippen LogP contribution in [0.15, 0.2) is 54.6 Å². The summed E-state index contributed by atoms with van der Waals surface area (Å²) in [4.78, 5) is 22.1. The van der Waals surface area contributed by atoms with E-state index in [9.17, 15) is 4.79 Å². The monoisotopic (exact) mass is 340 g/mol. The molecule has 0 aliphatic heterocycles. The summed E-state index contributed by atoms with van der Waals surface area (Å²) in [6.45, 7) is 0. The van der Waals surface area contributed by atoms with E-state index < -0.39 is 0 Å². The first kappa shape index (κ1) is 16.0. The third-order valence-electron chi connectivity index (χ3n) is 3.25. The van der Waals surface area contributed by atoms with Crippen molar-refractivity contribution in [1.82, 2.24) is 4.98 Å². The molecule has 0 aliphatic carbocycles. The maximum Gasteiger partial charge on any atom is 0.206 e. The SMILES string of the molecule is CONc1ccc(C(=O)c2sc(Nc3ccccc3)nc2N)cc1. The Morgan fingerprint density at radius 1 is 1.08 bits per heavy atom. The molecule has 0 amide bonds. The summed E-state index contributed by atoms with van der Waals surface area (Å²) in [5.41, 5.74) is 10.8. The molecule has 1 heterocycles. The van der Waals surface area contributed by atoms with Crippen LogP contribution in [0, 0.1) is 0 Å². The lowest BCUT2D eigenvalue weighted by Gasteiger charge is -2.04. The number of thiazole rings is 1. The predicted octanol–water partition coefficient (Wildman–Crippen LogP) is 3.67. The van der Waals surface area contributed by atoms with Crippen LogP contribution in [0.25, 0.3) is 0 Å². The van der Waals surface area contributed by atoms with Crippen LogP contribution in [0.3, 0.4) is 0 Å². The van der Waals surface area contributed by atoms with Gasteiger partial charge in [0.2, 0.25) is 5.78 Å². The summed E-state index contributed by atoms with van der Waals surface area (Å²) in [6, 6.07) is 16.6. The number of aromatic nitrogens is 1. The molecule has 1 aromatic heterocycles. The number of anilines is 4. The van der Waals surface area contributed by atoms with E-state index in [1.165, 1.54) is 18.4 Å². The third-order valence-corrected chi connectivity index (χ3v) is 4.24. The Bertz CT molecular complexity index is 832. The van der Waals surface area contributed by atoms with Crippen LogP contribution in [-0.4, -0.2) is 17.9 Å². The molecule has 0 bridgehead atoms. The molecule has 24 heavy (non-hydrogen) atoms. The maximum absolute atomic E-state index is 12.6. The number of nitrogens with zero attached hydrogens (tertiary/aromatic N) is 1. The summed E-state index contributed by atoms with van der Waals surface area (Å²) in [7, 11) is 1.53. The zero-order valence-corrected chi connectivity index (χ0v) is 13.8. The highest BCUT2D eigenvalue weighted by atomic mass is 32.1. The van der Waals surface area contributed by atoms with Crippen molar-refractivity contribution in [3.63, 3.8) is 0 Å². The van der Waals surface area contributed by atoms with Gasteiger partial charge in [0, 0.05) is 11.3 Å². The summed E-state index contributed by atoms with van der Waals surface area (Å²) >= 11 is 1.23. The number of nitrogens with two attached hydrogens (primary N) is 1. The predicted molar refractivity (Wildman–Crippen MR) is 96.8 cm³/mol. The summed E-state index contributed by atoms with van der Waals surface area (Å²) in [5, 5.41) is 3.73. The van der Waals surface area contributed by atoms with Gasteiger partial charge in [-0.15, -0.1) is 0 Å². The van der Waals surface area contributed by atoms with Crippen molar-refractivity contribution in [3.05, 3.63) is 65.0 Å². The molecule has 0 saturated heterocycles. The summed E-state index contributed by atoms with van der Waals surface area (Å²) < 4.78 is 0. The minimum atomic E-state index is -0.157. The highest BCUT2D eigenvalue weighted by Crippen LogP contribution is 2.29. The van der Waals surface area contributed by atoms with Crippen molar-refractivity contribution >= 4 is 39.4 Å². The van der Waals surface area contributed by atoms with E-state index in [1.54, 1.807) is 24.3 Å². The number of nitrogen functional groups attached to an aromatic ring is 1. The fourth-order valence-electron chi connectivity index (χ4n) is 2.13. The second-order valence-corrected chi connectivity index (χ2v) is 5.94. The van der Waals surface area contributed by atoms with Gasteiger partial charge in [-0.25, -0.2) is 4.98 Å². The topological polar surface area (TPSA) is 89.3 Å². The first-order valence-corrected chi connectivity index (χ1v) is 8.01. The number of hydrogen-bond acceptors (Lipinski definition) is 7. The number of carbonyl (C=O) groups excluding carboxylic acids is 1. The molecule has 7 heteroatoms. The van der Waals surface area contributed by atoms with Crippen molar-refractivity contribution in [1.29, 1.82) is 0 Å². The molecule has 6 nitrogen and oxygen atoms in total.